The van der Waals surface area contributed by atoms with E-state index in [0.717, 1.165) is 65.2 Å². The Bertz CT molecular complexity index is 1320. The van der Waals surface area contributed by atoms with Gasteiger partial charge < -0.3 is 9.80 Å². The van der Waals surface area contributed by atoms with Crippen molar-refractivity contribution in [1.82, 2.24) is 24.6 Å². The van der Waals surface area contributed by atoms with E-state index in [1.807, 2.05) is 48.4 Å². The van der Waals surface area contributed by atoms with E-state index < -0.39 is 0 Å². The summed E-state index contributed by atoms with van der Waals surface area (Å²) in [5, 5.41) is 14.9. The number of aromatic nitrogens is 4. The van der Waals surface area contributed by atoms with Crippen LogP contribution in [0.25, 0.3) is 33.4 Å². The van der Waals surface area contributed by atoms with Crippen molar-refractivity contribution in [3.05, 3.63) is 60.4 Å². The summed E-state index contributed by atoms with van der Waals surface area (Å²) in [5.74, 6) is 0.897. The quantitative estimate of drug-likeness (QED) is 0.479. The van der Waals surface area contributed by atoms with E-state index in [-0.39, 0.29) is 0 Å². The number of nitriles is 1. The lowest BCUT2D eigenvalue weighted by Crippen LogP contribution is -2.42. The number of piperidine rings is 1. The lowest BCUT2D eigenvalue weighted by molar-refractivity contribution is 0.249. The molecular formula is C26H27N7. The van der Waals surface area contributed by atoms with E-state index in [0.29, 0.717) is 11.6 Å². The van der Waals surface area contributed by atoms with Gasteiger partial charge in [0.15, 0.2) is 0 Å². The topological polar surface area (TPSA) is 73.9 Å². The lowest BCUT2D eigenvalue weighted by atomic mass is 10.0. The summed E-state index contributed by atoms with van der Waals surface area (Å²) in [6.07, 6.45) is 6.12. The zero-order chi connectivity index (χ0) is 22.9. The molecule has 0 spiro atoms. The first-order chi connectivity index (χ1) is 16.0. The van der Waals surface area contributed by atoms with Crippen LogP contribution in [0.3, 0.4) is 0 Å². The molecule has 1 aliphatic heterocycles. The molecule has 2 aromatic heterocycles. The highest BCUT2D eigenvalue weighted by molar-refractivity contribution is 5.87. The minimum atomic E-state index is 0.608. The van der Waals surface area contributed by atoms with Crippen molar-refractivity contribution in [3.8, 4) is 28.6 Å². The van der Waals surface area contributed by atoms with Gasteiger partial charge in [0.25, 0.3) is 0 Å². The molecule has 0 amide bonds. The first-order valence-corrected chi connectivity index (χ1v) is 11.2. The molecule has 0 N–H and O–H groups in total. The van der Waals surface area contributed by atoms with Gasteiger partial charge in [0.05, 0.1) is 34.7 Å². The van der Waals surface area contributed by atoms with Crippen LogP contribution in [0.1, 0.15) is 18.4 Å². The number of hydrogen-bond acceptors (Lipinski definition) is 6. The van der Waals surface area contributed by atoms with E-state index in [4.69, 9.17) is 9.97 Å². The molecule has 7 nitrogen and oxygen atoms in total. The summed E-state index contributed by atoms with van der Waals surface area (Å²) in [7, 11) is 6.22. The van der Waals surface area contributed by atoms with Crippen molar-refractivity contribution < 1.29 is 0 Å². The third-order valence-electron chi connectivity index (χ3n) is 6.46. The van der Waals surface area contributed by atoms with Gasteiger partial charge in [-0.1, -0.05) is 24.3 Å². The second-order valence-electron chi connectivity index (χ2n) is 8.87. The molecule has 0 atom stereocenters. The van der Waals surface area contributed by atoms with Crippen molar-refractivity contribution in [2.24, 2.45) is 7.05 Å². The second-order valence-corrected chi connectivity index (χ2v) is 8.87. The summed E-state index contributed by atoms with van der Waals surface area (Å²) in [4.78, 5) is 14.6. The van der Waals surface area contributed by atoms with Crippen LogP contribution in [0.4, 0.5) is 5.82 Å². The largest absolute Gasteiger partial charge is 0.355 e. The van der Waals surface area contributed by atoms with Crippen molar-refractivity contribution in [2.45, 2.75) is 18.9 Å². The highest BCUT2D eigenvalue weighted by Gasteiger charge is 2.23. The molecule has 0 unspecified atom stereocenters. The molecule has 7 heteroatoms. The minimum absolute atomic E-state index is 0.608. The molecule has 166 valence electrons. The zero-order valence-electron chi connectivity index (χ0n) is 19.2. The molecule has 3 heterocycles. The van der Waals surface area contributed by atoms with Gasteiger partial charge in [0.1, 0.15) is 5.82 Å². The zero-order valence-corrected chi connectivity index (χ0v) is 19.2. The van der Waals surface area contributed by atoms with Gasteiger partial charge in [-0.3, -0.25) is 9.67 Å². The third-order valence-corrected chi connectivity index (χ3v) is 6.46. The Labute approximate surface area is 193 Å². The summed E-state index contributed by atoms with van der Waals surface area (Å²) in [6, 6.07) is 16.6. The number of hydrogen-bond donors (Lipinski definition) is 0. The Morgan fingerprint density at radius 1 is 1.00 bits per heavy atom. The lowest BCUT2D eigenvalue weighted by Gasteiger charge is -2.35. The predicted molar refractivity (Wildman–Crippen MR) is 131 cm³/mol. The normalized spacial score (nSPS) is 14.7. The van der Waals surface area contributed by atoms with Gasteiger partial charge in [-0.2, -0.15) is 10.4 Å². The van der Waals surface area contributed by atoms with Gasteiger partial charge >= 0.3 is 0 Å². The summed E-state index contributed by atoms with van der Waals surface area (Å²) >= 11 is 0. The van der Waals surface area contributed by atoms with Gasteiger partial charge in [-0.25, -0.2) is 4.98 Å². The molecule has 5 rings (SSSR count). The second kappa shape index (κ2) is 8.64. The van der Waals surface area contributed by atoms with Gasteiger partial charge in [-0.05, 0) is 45.1 Å². The van der Waals surface area contributed by atoms with E-state index >= 15 is 0 Å². The first kappa shape index (κ1) is 21.1. The SMILES string of the molecule is CN(C)C1CCN(c2cnc(-c3ccc4cn(C)nc4c3)c(-c3ccc(C#N)cc3)n2)CC1. The minimum Gasteiger partial charge on any atom is -0.355 e. The standard InChI is InChI=1S/C26H27N7/c1-31(2)22-10-12-33(13-11-22)24-16-28-25(20-8-9-21-17-32(3)30-23(21)14-20)26(29-24)19-6-4-18(15-27)5-7-19/h4-9,14,16-17,22H,10-13H2,1-3H3. The number of nitrogens with zero attached hydrogens (tertiary/aromatic N) is 7. The smallest absolute Gasteiger partial charge is 0.147 e. The van der Waals surface area contributed by atoms with Crippen LogP contribution in [-0.4, -0.2) is 57.9 Å². The fourth-order valence-corrected chi connectivity index (χ4v) is 4.55. The van der Waals surface area contributed by atoms with Crippen LogP contribution in [0, 0.1) is 11.3 Å². The van der Waals surface area contributed by atoms with E-state index in [2.05, 4.69) is 53.3 Å². The molecule has 0 radical (unpaired) electrons. The maximum Gasteiger partial charge on any atom is 0.147 e. The molecule has 0 aliphatic carbocycles. The summed E-state index contributed by atoms with van der Waals surface area (Å²) < 4.78 is 1.82. The number of benzene rings is 2. The molecule has 1 aliphatic rings. The van der Waals surface area contributed by atoms with Crippen LogP contribution < -0.4 is 4.90 Å². The molecular weight excluding hydrogens is 410 g/mol. The van der Waals surface area contributed by atoms with E-state index in [9.17, 15) is 5.26 Å². The highest BCUT2D eigenvalue weighted by Crippen LogP contribution is 2.33. The average Bonchev–Trinajstić information content (AvgIpc) is 3.23. The molecule has 1 saturated heterocycles. The average molecular weight is 438 g/mol. The number of rotatable bonds is 4. The maximum absolute atomic E-state index is 9.21. The fourth-order valence-electron chi connectivity index (χ4n) is 4.55. The van der Waals surface area contributed by atoms with Gasteiger partial charge in [0.2, 0.25) is 0 Å². The fraction of sp³-hybridized carbons (Fsp3) is 0.308. The van der Waals surface area contributed by atoms with Gasteiger partial charge in [-0.15, -0.1) is 0 Å². The molecule has 33 heavy (non-hydrogen) atoms. The summed E-state index contributed by atoms with van der Waals surface area (Å²) in [5.41, 5.74) is 5.12. The van der Waals surface area contributed by atoms with Gasteiger partial charge in [0, 0.05) is 48.9 Å². The van der Waals surface area contributed by atoms with Crippen molar-refractivity contribution in [2.75, 3.05) is 32.1 Å². The number of anilines is 1. The molecule has 2 aromatic carbocycles. The Kier molecular flexibility index (Phi) is 5.53. The monoisotopic (exact) mass is 437 g/mol. The van der Waals surface area contributed by atoms with Crippen molar-refractivity contribution >= 4 is 16.7 Å². The Balaban J connectivity index is 1.57. The molecule has 0 saturated carbocycles. The van der Waals surface area contributed by atoms with E-state index in [1.54, 1.807) is 0 Å². The van der Waals surface area contributed by atoms with Crippen LogP contribution in [0.5, 0.6) is 0 Å². The number of aryl methyl sites for hydroxylation is 1. The number of fused-ring (bicyclic) bond motifs is 1. The molecule has 4 aromatic rings. The van der Waals surface area contributed by atoms with Crippen LogP contribution >= 0.6 is 0 Å². The Hall–Kier alpha value is -3.76. The Morgan fingerprint density at radius 3 is 2.42 bits per heavy atom. The first-order valence-electron chi connectivity index (χ1n) is 11.2. The third kappa shape index (κ3) is 4.18. The van der Waals surface area contributed by atoms with Crippen LogP contribution in [0.2, 0.25) is 0 Å². The van der Waals surface area contributed by atoms with Crippen LogP contribution in [-0.2, 0) is 7.05 Å². The Morgan fingerprint density at radius 2 is 1.73 bits per heavy atom. The van der Waals surface area contributed by atoms with Crippen LogP contribution in [0.15, 0.2) is 54.9 Å². The summed E-state index contributed by atoms with van der Waals surface area (Å²) in [6.45, 7) is 1.92. The van der Waals surface area contributed by atoms with Crippen molar-refractivity contribution in [3.63, 3.8) is 0 Å². The molecule has 0 bridgehead atoms. The molecule has 1 fully saturated rings. The van der Waals surface area contributed by atoms with E-state index in [1.165, 1.54) is 0 Å². The maximum atomic E-state index is 9.21. The van der Waals surface area contributed by atoms with Crippen molar-refractivity contribution in [1.29, 1.82) is 5.26 Å². The highest BCUT2D eigenvalue weighted by atomic mass is 15.2. The predicted octanol–water partition coefficient (Wildman–Crippen LogP) is 4.10.